The number of sulfonamides is 1. The van der Waals surface area contributed by atoms with E-state index in [0.29, 0.717) is 18.0 Å². The van der Waals surface area contributed by atoms with E-state index in [-0.39, 0.29) is 11.4 Å². The van der Waals surface area contributed by atoms with Gasteiger partial charge in [0.25, 0.3) is 10.0 Å². The summed E-state index contributed by atoms with van der Waals surface area (Å²) < 4.78 is 34.2. The maximum atomic E-state index is 13.8. The van der Waals surface area contributed by atoms with Crippen LogP contribution in [0.15, 0.2) is 108 Å². The van der Waals surface area contributed by atoms with Crippen LogP contribution in [0.1, 0.15) is 35.2 Å². The number of rotatable bonds is 10. The molecule has 0 fully saturated rings. The van der Waals surface area contributed by atoms with Gasteiger partial charge in [0.2, 0.25) is 5.91 Å². The molecule has 0 aliphatic rings. The van der Waals surface area contributed by atoms with Crippen LogP contribution in [0.25, 0.3) is 0 Å². The third-order valence-electron chi connectivity index (χ3n) is 6.15. The first-order chi connectivity index (χ1) is 18.3. The van der Waals surface area contributed by atoms with Crippen LogP contribution < -0.4 is 14.4 Å². The minimum Gasteiger partial charge on any atom is -0.494 e. The van der Waals surface area contributed by atoms with E-state index in [2.05, 4.69) is 5.32 Å². The van der Waals surface area contributed by atoms with Crippen molar-refractivity contribution < 1.29 is 17.9 Å². The lowest BCUT2D eigenvalue weighted by Gasteiger charge is -2.26. The molecule has 196 valence electrons. The van der Waals surface area contributed by atoms with Crippen LogP contribution in [0.4, 0.5) is 5.69 Å². The number of hydrogen-bond acceptors (Lipinski definition) is 4. The summed E-state index contributed by atoms with van der Waals surface area (Å²) in [6.07, 6.45) is 0. The van der Waals surface area contributed by atoms with Crippen molar-refractivity contribution in [1.82, 2.24) is 5.32 Å². The van der Waals surface area contributed by atoms with Crippen molar-refractivity contribution in [3.63, 3.8) is 0 Å². The number of nitrogens with one attached hydrogen (secondary N) is 1. The lowest BCUT2D eigenvalue weighted by Crippen LogP contribution is -2.42. The number of amides is 1. The molecule has 0 radical (unpaired) electrons. The van der Waals surface area contributed by atoms with Crippen molar-refractivity contribution in [3.05, 3.63) is 125 Å². The van der Waals surface area contributed by atoms with Gasteiger partial charge in [-0.2, -0.15) is 0 Å². The average molecular weight is 529 g/mol. The number of carbonyl (C=O) groups excluding carboxylic acids is 1. The van der Waals surface area contributed by atoms with Crippen LogP contribution >= 0.6 is 0 Å². The molecule has 4 rings (SSSR count). The summed E-state index contributed by atoms with van der Waals surface area (Å²) in [4.78, 5) is 13.6. The molecule has 1 N–H and O–H groups in total. The fourth-order valence-corrected chi connectivity index (χ4v) is 5.64. The Morgan fingerprint density at radius 3 is 2.11 bits per heavy atom. The molecule has 0 saturated carbocycles. The Morgan fingerprint density at radius 1 is 0.816 bits per heavy atom. The van der Waals surface area contributed by atoms with Crippen molar-refractivity contribution >= 4 is 21.6 Å². The first-order valence-corrected chi connectivity index (χ1v) is 13.9. The zero-order valence-electron chi connectivity index (χ0n) is 21.8. The lowest BCUT2D eigenvalue weighted by molar-refractivity contribution is -0.120. The van der Waals surface area contributed by atoms with Crippen molar-refractivity contribution in [2.45, 2.75) is 31.7 Å². The van der Waals surface area contributed by atoms with E-state index >= 15 is 0 Å². The van der Waals surface area contributed by atoms with Gasteiger partial charge >= 0.3 is 0 Å². The maximum absolute atomic E-state index is 13.8. The summed E-state index contributed by atoms with van der Waals surface area (Å²) in [6, 6.07) is 30.4. The molecule has 0 saturated heterocycles. The quantitative estimate of drug-likeness (QED) is 0.282. The minimum absolute atomic E-state index is 0.0765. The Morgan fingerprint density at radius 2 is 1.47 bits per heavy atom. The minimum atomic E-state index is -4.05. The summed E-state index contributed by atoms with van der Waals surface area (Å²) in [5.41, 5.74) is 4.28. The van der Waals surface area contributed by atoms with Crippen LogP contribution in [-0.2, 0) is 14.8 Å². The van der Waals surface area contributed by atoms with Gasteiger partial charge in [0.15, 0.2) is 0 Å². The van der Waals surface area contributed by atoms with Crippen LogP contribution in [-0.4, -0.2) is 27.5 Å². The Balaban J connectivity index is 1.67. The number of hydrogen-bond donors (Lipinski definition) is 1. The highest BCUT2D eigenvalue weighted by Crippen LogP contribution is 2.27. The summed E-state index contributed by atoms with van der Waals surface area (Å²) in [6.45, 7) is 5.88. The zero-order chi connectivity index (χ0) is 27.1. The molecule has 0 aliphatic heterocycles. The van der Waals surface area contributed by atoms with Gasteiger partial charge in [0.1, 0.15) is 12.3 Å². The molecule has 0 heterocycles. The van der Waals surface area contributed by atoms with Crippen LogP contribution in [0, 0.1) is 13.8 Å². The van der Waals surface area contributed by atoms with E-state index in [4.69, 9.17) is 4.74 Å². The largest absolute Gasteiger partial charge is 0.494 e. The predicted molar refractivity (Wildman–Crippen MR) is 151 cm³/mol. The highest BCUT2D eigenvalue weighted by molar-refractivity contribution is 7.92. The first-order valence-electron chi connectivity index (χ1n) is 12.5. The van der Waals surface area contributed by atoms with Crippen LogP contribution in [0.2, 0.25) is 0 Å². The molecule has 38 heavy (non-hydrogen) atoms. The fraction of sp³-hybridized carbons (Fsp3) is 0.194. The Kier molecular flexibility index (Phi) is 8.48. The molecule has 7 heteroatoms. The van der Waals surface area contributed by atoms with E-state index in [1.165, 1.54) is 12.1 Å². The standard InChI is InChI=1S/C31H32N2O4S/c1-4-37-28-17-19-29(20-18-28)38(35,36)33(27-15-13-23(2)14-16-27)22-30(34)32-31(25-10-6-5-7-11-25)26-12-8-9-24(3)21-26/h5-21,31H,4,22H2,1-3H3,(H,32,34). The van der Waals surface area contributed by atoms with Gasteiger partial charge in [0.05, 0.1) is 23.2 Å². The summed E-state index contributed by atoms with van der Waals surface area (Å²) in [5, 5.41) is 3.07. The molecule has 0 bridgehead atoms. The summed E-state index contributed by atoms with van der Waals surface area (Å²) in [5.74, 6) is 0.158. The SMILES string of the molecule is CCOc1ccc(S(=O)(=O)N(CC(=O)NC(c2ccccc2)c2cccc(C)c2)c2ccc(C)cc2)cc1. The van der Waals surface area contributed by atoms with Gasteiger partial charge in [0, 0.05) is 0 Å². The number of carbonyl (C=O) groups is 1. The topological polar surface area (TPSA) is 75.7 Å². The molecule has 1 atom stereocenters. The number of anilines is 1. The van der Waals surface area contributed by atoms with Gasteiger partial charge in [-0.15, -0.1) is 0 Å². The van der Waals surface area contributed by atoms with E-state index in [1.807, 2.05) is 87.5 Å². The second kappa shape index (κ2) is 12.0. The third-order valence-corrected chi connectivity index (χ3v) is 7.93. The van der Waals surface area contributed by atoms with Crippen molar-refractivity contribution in [2.24, 2.45) is 0 Å². The van der Waals surface area contributed by atoms with Crippen molar-refractivity contribution in [1.29, 1.82) is 0 Å². The van der Waals surface area contributed by atoms with Crippen LogP contribution in [0.3, 0.4) is 0 Å². The maximum Gasteiger partial charge on any atom is 0.264 e. The molecule has 6 nitrogen and oxygen atoms in total. The van der Waals surface area contributed by atoms with Gasteiger partial charge in [-0.3, -0.25) is 9.10 Å². The van der Waals surface area contributed by atoms with E-state index < -0.39 is 22.0 Å². The summed E-state index contributed by atoms with van der Waals surface area (Å²) >= 11 is 0. The van der Waals surface area contributed by atoms with Gasteiger partial charge in [-0.25, -0.2) is 8.42 Å². The molecular weight excluding hydrogens is 496 g/mol. The van der Waals surface area contributed by atoms with Gasteiger partial charge in [-0.1, -0.05) is 77.9 Å². The average Bonchev–Trinajstić information content (AvgIpc) is 2.92. The normalized spacial score (nSPS) is 12.0. The molecule has 4 aromatic carbocycles. The summed E-state index contributed by atoms with van der Waals surface area (Å²) in [7, 11) is -4.05. The van der Waals surface area contributed by atoms with Gasteiger partial charge in [-0.05, 0) is 68.3 Å². The number of benzene rings is 4. The number of aryl methyl sites for hydroxylation is 2. The monoisotopic (exact) mass is 528 g/mol. The number of ether oxygens (including phenoxy) is 1. The lowest BCUT2D eigenvalue weighted by atomic mass is 9.97. The third kappa shape index (κ3) is 6.42. The Bertz CT molecular complexity index is 1470. The molecular formula is C31H32N2O4S. The second-order valence-electron chi connectivity index (χ2n) is 9.08. The molecule has 0 spiro atoms. The molecule has 0 aliphatic carbocycles. The van der Waals surface area contributed by atoms with E-state index in [1.54, 1.807) is 24.3 Å². The van der Waals surface area contributed by atoms with E-state index in [0.717, 1.165) is 26.6 Å². The smallest absolute Gasteiger partial charge is 0.264 e. The first kappa shape index (κ1) is 26.9. The second-order valence-corrected chi connectivity index (χ2v) is 10.9. The Hall–Kier alpha value is -4.10. The molecule has 0 aromatic heterocycles. The highest BCUT2D eigenvalue weighted by Gasteiger charge is 2.28. The molecule has 1 amide bonds. The molecule has 1 unspecified atom stereocenters. The van der Waals surface area contributed by atoms with E-state index in [9.17, 15) is 13.2 Å². The van der Waals surface area contributed by atoms with Gasteiger partial charge < -0.3 is 10.1 Å². The van der Waals surface area contributed by atoms with Crippen molar-refractivity contribution in [2.75, 3.05) is 17.5 Å². The molecule has 4 aromatic rings. The highest BCUT2D eigenvalue weighted by atomic mass is 32.2. The van der Waals surface area contributed by atoms with Crippen LogP contribution in [0.5, 0.6) is 5.75 Å². The Labute approximate surface area is 225 Å². The number of nitrogens with zero attached hydrogens (tertiary/aromatic N) is 1. The predicted octanol–water partition coefficient (Wildman–Crippen LogP) is 5.80. The van der Waals surface area contributed by atoms with Crippen molar-refractivity contribution in [3.8, 4) is 5.75 Å². The fourth-order valence-electron chi connectivity index (χ4n) is 4.22. The zero-order valence-corrected chi connectivity index (χ0v) is 22.6.